The fourth-order valence-electron chi connectivity index (χ4n) is 4.18. The lowest BCUT2D eigenvalue weighted by Crippen LogP contribution is -2.47. The molecular weight excluding hydrogens is 407 g/mol. The van der Waals surface area contributed by atoms with Crippen molar-refractivity contribution < 1.29 is 14.0 Å². The molecule has 0 radical (unpaired) electrons. The smallest absolute Gasteiger partial charge is 0.254 e. The van der Waals surface area contributed by atoms with Gasteiger partial charge in [-0.2, -0.15) is 5.10 Å². The molecule has 0 spiro atoms. The largest absolute Gasteiger partial charge is 0.349 e. The minimum Gasteiger partial charge on any atom is -0.349 e. The van der Waals surface area contributed by atoms with Gasteiger partial charge in [0.25, 0.3) is 5.91 Å². The average molecular weight is 435 g/mol. The Hall–Kier alpha value is -3.48. The molecule has 2 heterocycles. The number of halogens is 1. The van der Waals surface area contributed by atoms with Crippen LogP contribution in [0.2, 0.25) is 0 Å². The molecule has 6 nitrogen and oxygen atoms in total. The molecule has 1 unspecified atom stereocenters. The molecule has 0 bridgehead atoms. The molecule has 1 aromatic heterocycles. The SMILES string of the molecule is CCC(C(=O)N1CCC(NC(=O)c2cnn(-c3ccccc3F)c2)CC1)c1ccccc1. The molecule has 32 heavy (non-hydrogen) atoms. The van der Waals surface area contributed by atoms with E-state index in [1.807, 2.05) is 42.2 Å². The molecule has 1 fully saturated rings. The monoisotopic (exact) mass is 434 g/mol. The van der Waals surface area contributed by atoms with Gasteiger partial charge in [-0.3, -0.25) is 9.59 Å². The van der Waals surface area contributed by atoms with E-state index >= 15 is 0 Å². The van der Waals surface area contributed by atoms with E-state index in [0.717, 1.165) is 12.0 Å². The second-order valence-electron chi connectivity index (χ2n) is 8.07. The van der Waals surface area contributed by atoms with E-state index in [4.69, 9.17) is 0 Å². The van der Waals surface area contributed by atoms with Gasteiger partial charge >= 0.3 is 0 Å². The lowest BCUT2D eigenvalue weighted by molar-refractivity contribution is -0.134. The van der Waals surface area contributed by atoms with E-state index in [9.17, 15) is 14.0 Å². The number of nitrogens with one attached hydrogen (secondary N) is 1. The highest BCUT2D eigenvalue weighted by atomic mass is 19.1. The zero-order valence-corrected chi connectivity index (χ0v) is 18.1. The lowest BCUT2D eigenvalue weighted by Gasteiger charge is -2.34. The fourth-order valence-corrected chi connectivity index (χ4v) is 4.18. The van der Waals surface area contributed by atoms with E-state index in [-0.39, 0.29) is 23.8 Å². The molecule has 3 aromatic rings. The number of benzene rings is 2. The molecule has 7 heteroatoms. The molecule has 166 valence electrons. The zero-order valence-electron chi connectivity index (χ0n) is 18.1. The van der Waals surface area contributed by atoms with Crippen molar-refractivity contribution in [3.8, 4) is 5.69 Å². The first kappa shape index (κ1) is 21.7. The van der Waals surface area contributed by atoms with E-state index < -0.39 is 5.82 Å². The number of nitrogens with zero attached hydrogens (tertiary/aromatic N) is 3. The van der Waals surface area contributed by atoms with Crippen molar-refractivity contribution in [2.75, 3.05) is 13.1 Å². The molecular formula is C25H27FN4O2. The third-order valence-electron chi connectivity index (χ3n) is 5.99. The van der Waals surface area contributed by atoms with Gasteiger partial charge in [0, 0.05) is 25.3 Å². The van der Waals surface area contributed by atoms with Crippen LogP contribution in [0.25, 0.3) is 5.69 Å². The van der Waals surface area contributed by atoms with Gasteiger partial charge in [-0.25, -0.2) is 9.07 Å². The van der Waals surface area contributed by atoms with E-state index in [1.54, 1.807) is 18.2 Å². The molecule has 1 atom stereocenters. The number of carbonyl (C=O) groups is 2. The summed E-state index contributed by atoms with van der Waals surface area (Å²) >= 11 is 0. The van der Waals surface area contributed by atoms with E-state index in [0.29, 0.717) is 37.2 Å². The highest BCUT2D eigenvalue weighted by Crippen LogP contribution is 2.24. The number of hydrogen-bond donors (Lipinski definition) is 1. The second-order valence-corrected chi connectivity index (χ2v) is 8.07. The number of aromatic nitrogens is 2. The minimum atomic E-state index is -0.402. The van der Waals surface area contributed by atoms with Gasteiger partial charge in [0.15, 0.2) is 0 Å². The van der Waals surface area contributed by atoms with Crippen LogP contribution in [0.15, 0.2) is 67.0 Å². The Morgan fingerprint density at radius 1 is 1.09 bits per heavy atom. The normalized spacial score (nSPS) is 15.4. The Balaban J connectivity index is 1.33. The summed E-state index contributed by atoms with van der Waals surface area (Å²) < 4.78 is 15.3. The van der Waals surface area contributed by atoms with Crippen LogP contribution in [-0.2, 0) is 4.79 Å². The van der Waals surface area contributed by atoms with Crippen LogP contribution in [-0.4, -0.2) is 45.6 Å². The van der Waals surface area contributed by atoms with Gasteiger partial charge in [0.2, 0.25) is 5.91 Å². The van der Waals surface area contributed by atoms with Gasteiger partial charge in [0.1, 0.15) is 11.5 Å². The average Bonchev–Trinajstić information content (AvgIpc) is 3.31. The molecule has 1 aliphatic heterocycles. The number of likely N-dealkylation sites (tertiary alicyclic amines) is 1. The van der Waals surface area contributed by atoms with Gasteiger partial charge in [-0.05, 0) is 37.0 Å². The van der Waals surface area contributed by atoms with Crippen LogP contribution in [0, 0.1) is 5.82 Å². The van der Waals surface area contributed by atoms with E-state index in [1.165, 1.54) is 23.1 Å². The van der Waals surface area contributed by atoms with Crippen LogP contribution < -0.4 is 5.32 Å². The van der Waals surface area contributed by atoms with Crippen molar-refractivity contribution >= 4 is 11.8 Å². The van der Waals surface area contributed by atoms with Gasteiger partial charge in [-0.1, -0.05) is 49.4 Å². The van der Waals surface area contributed by atoms with Crippen LogP contribution in [0.1, 0.15) is 48.0 Å². The van der Waals surface area contributed by atoms with E-state index in [2.05, 4.69) is 10.4 Å². The maximum atomic E-state index is 14.0. The molecule has 0 saturated carbocycles. The summed E-state index contributed by atoms with van der Waals surface area (Å²) in [5.41, 5.74) is 1.71. The summed E-state index contributed by atoms with van der Waals surface area (Å²) in [6.07, 6.45) is 5.12. The summed E-state index contributed by atoms with van der Waals surface area (Å²) in [6.45, 7) is 3.26. The van der Waals surface area contributed by atoms with Crippen molar-refractivity contribution in [3.05, 3.63) is 83.9 Å². The highest BCUT2D eigenvalue weighted by Gasteiger charge is 2.29. The van der Waals surface area contributed by atoms with Gasteiger partial charge in [0.05, 0.1) is 17.7 Å². The predicted octanol–water partition coefficient (Wildman–Crippen LogP) is 3.93. The fraction of sp³-hybridized carbons (Fsp3) is 0.320. The number of amides is 2. The number of piperidine rings is 1. The third-order valence-corrected chi connectivity index (χ3v) is 5.99. The van der Waals surface area contributed by atoms with Crippen molar-refractivity contribution in [2.24, 2.45) is 0 Å². The van der Waals surface area contributed by atoms with Gasteiger partial charge < -0.3 is 10.2 Å². The molecule has 4 rings (SSSR count). The summed E-state index contributed by atoms with van der Waals surface area (Å²) in [4.78, 5) is 27.6. The van der Waals surface area contributed by atoms with Crippen molar-refractivity contribution in [2.45, 2.75) is 38.1 Å². The molecule has 2 aromatic carbocycles. The Bertz CT molecular complexity index is 1070. The summed E-state index contributed by atoms with van der Waals surface area (Å²) in [5.74, 6) is -0.630. The van der Waals surface area contributed by atoms with Crippen LogP contribution in [0.3, 0.4) is 0 Å². The Labute approximate surface area is 187 Å². The first-order valence-electron chi connectivity index (χ1n) is 11.0. The summed E-state index contributed by atoms with van der Waals surface area (Å²) in [6, 6.07) is 16.1. The minimum absolute atomic E-state index is 0.0137. The highest BCUT2D eigenvalue weighted by molar-refractivity contribution is 5.94. The summed E-state index contributed by atoms with van der Waals surface area (Å²) in [7, 11) is 0. The first-order chi connectivity index (χ1) is 15.6. The maximum Gasteiger partial charge on any atom is 0.254 e. The molecule has 1 aliphatic rings. The Kier molecular flexibility index (Phi) is 6.63. The molecule has 1 saturated heterocycles. The van der Waals surface area contributed by atoms with Gasteiger partial charge in [-0.15, -0.1) is 0 Å². The quantitative estimate of drug-likeness (QED) is 0.639. The summed E-state index contributed by atoms with van der Waals surface area (Å²) in [5, 5.41) is 7.14. The standard InChI is InChI=1S/C25H27FN4O2/c1-2-21(18-8-4-3-5-9-18)25(32)29-14-12-20(13-15-29)28-24(31)19-16-27-30(17-19)23-11-7-6-10-22(23)26/h3-11,16-17,20-21H,2,12-15H2,1H3,(H,28,31). The maximum absolute atomic E-state index is 14.0. The van der Waals surface area contributed by atoms with Crippen LogP contribution >= 0.6 is 0 Å². The predicted molar refractivity (Wildman–Crippen MR) is 120 cm³/mol. The zero-order chi connectivity index (χ0) is 22.5. The third kappa shape index (κ3) is 4.72. The van der Waals surface area contributed by atoms with Crippen LogP contribution in [0.5, 0.6) is 0 Å². The van der Waals surface area contributed by atoms with Crippen molar-refractivity contribution in [1.82, 2.24) is 20.0 Å². The van der Waals surface area contributed by atoms with Crippen LogP contribution in [0.4, 0.5) is 4.39 Å². The second kappa shape index (κ2) is 9.77. The number of carbonyl (C=O) groups excluding carboxylic acids is 2. The van der Waals surface area contributed by atoms with Crippen molar-refractivity contribution in [3.63, 3.8) is 0 Å². The number of hydrogen-bond acceptors (Lipinski definition) is 3. The molecule has 2 amide bonds. The Morgan fingerprint density at radius 3 is 2.47 bits per heavy atom. The first-order valence-corrected chi connectivity index (χ1v) is 11.0. The Morgan fingerprint density at radius 2 is 1.78 bits per heavy atom. The van der Waals surface area contributed by atoms with Crippen molar-refractivity contribution in [1.29, 1.82) is 0 Å². The molecule has 1 N–H and O–H groups in total. The lowest BCUT2D eigenvalue weighted by atomic mass is 9.93. The number of rotatable bonds is 6. The number of para-hydroxylation sites is 1. The topological polar surface area (TPSA) is 67.2 Å². The molecule has 0 aliphatic carbocycles.